The largest absolute Gasteiger partial charge is 0.500 e. The minimum atomic E-state index is -2.32. The minimum absolute atomic E-state index is 0.521. The van der Waals surface area contributed by atoms with Crippen LogP contribution in [0.5, 0.6) is 0 Å². The maximum absolute atomic E-state index is 5.57. The Hall–Kier alpha value is 0.0700. The molecule has 0 aromatic rings. The Morgan fingerprint density at radius 3 is 2.19 bits per heavy atom. The molecule has 0 aliphatic carbocycles. The van der Waals surface area contributed by atoms with E-state index in [-0.39, 0.29) is 0 Å². The van der Waals surface area contributed by atoms with Crippen LogP contribution >= 0.6 is 6.64 Å². The van der Waals surface area contributed by atoms with Crippen LogP contribution in [0.25, 0.3) is 0 Å². The molecule has 0 aromatic carbocycles. The summed E-state index contributed by atoms with van der Waals surface area (Å²) in [6.45, 7) is 7.60. The van der Waals surface area contributed by atoms with Crippen molar-refractivity contribution < 1.29 is 13.8 Å². The number of nitrogens with one attached hydrogen (secondary N) is 1. The van der Waals surface area contributed by atoms with Gasteiger partial charge in [-0.1, -0.05) is 20.4 Å². The van der Waals surface area contributed by atoms with E-state index in [1.165, 1.54) is 6.26 Å². The molecule has 0 rings (SSSR count). The van der Waals surface area contributed by atoms with Gasteiger partial charge in [0.25, 0.3) is 6.64 Å². The van der Waals surface area contributed by atoms with E-state index in [1.54, 1.807) is 0 Å². The first-order valence-corrected chi connectivity index (χ1v) is 8.19. The van der Waals surface area contributed by atoms with Crippen LogP contribution in [-0.2, 0) is 25.6 Å². The second kappa shape index (κ2) is 10.2. The van der Waals surface area contributed by atoms with Crippen molar-refractivity contribution in [2.45, 2.75) is 26.7 Å². The second-order valence-electron chi connectivity index (χ2n) is 3.11. The lowest BCUT2D eigenvalue weighted by Crippen LogP contribution is -2.19. The third-order valence-electron chi connectivity index (χ3n) is 1.57. The Kier molecular flexibility index (Phi) is 10.3. The number of ether oxygens (including phenoxy) is 1. The molecular formula is C10H22NO3PS. The van der Waals surface area contributed by atoms with E-state index in [1.807, 2.05) is 13.8 Å². The Morgan fingerprint density at radius 2 is 1.75 bits per heavy atom. The summed E-state index contributed by atoms with van der Waals surface area (Å²) in [5, 5.41) is 3.11. The van der Waals surface area contributed by atoms with Gasteiger partial charge in [-0.25, -0.2) is 5.09 Å². The van der Waals surface area contributed by atoms with Gasteiger partial charge in [-0.3, -0.25) is 0 Å². The molecule has 0 atom stereocenters. The average molecular weight is 267 g/mol. The summed E-state index contributed by atoms with van der Waals surface area (Å²) in [5.41, 5.74) is 0. The lowest BCUT2D eigenvalue weighted by atomic mass is 10.5. The molecule has 1 N–H and O–H groups in total. The molecule has 0 aliphatic heterocycles. The minimum Gasteiger partial charge on any atom is -0.500 e. The Morgan fingerprint density at radius 1 is 1.19 bits per heavy atom. The summed E-state index contributed by atoms with van der Waals surface area (Å²) in [5.74, 6) is 0. The van der Waals surface area contributed by atoms with E-state index in [9.17, 15) is 0 Å². The predicted octanol–water partition coefficient (Wildman–Crippen LogP) is 2.81. The van der Waals surface area contributed by atoms with Crippen molar-refractivity contribution in [3.05, 3.63) is 12.8 Å². The van der Waals surface area contributed by atoms with Gasteiger partial charge in [0.1, 0.15) is 6.61 Å². The first kappa shape index (κ1) is 16.1. The molecule has 4 nitrogen and oxygen atoms in total. The first-order valence-electron chi connectivity index (χ1n) is 5.55. The van der Waals surface area contributed by atoms with Crippen LogP contribution in [-0.4, -0.2) is 26.4 Å². The van der Waals surface area contributed by atoms with Gasteiger partial charge in [-0.15, -0.1) is 0 Å². The molecule has 0 fully saturated rings. The fourth-order valence-electron chi connectivity index (χ4n) is 0.876. The highest BCUT2D eigenvalue weighted by molar-refractivity contribution is 8.08. The summed E-state index contributed by atoms with van der Waals surface area (Å²) in [7, 11) is 0. The molecule has 16 heavy (non-hydrogen) atoms. The molecule has 0 aromatic heterocycles. The van der Waals surface area contributed by atoms with Crippen molar-refractivity contribution in [3.8, 4) is 0 Å². The lowest BCUT2D eigenvalue weighted by Gasteiger charge is -2.22. The maximum atomic E-state index is 5.57. The SMILES string of the molecule is C=COCCNP(=S)(OCCC)OCCC. The van der Waals surface area contributed by atoms with E-state index in [0.717, 1.165) is 12.8 Å². The Bertz CT molecular complexity index is 214. The van der Waals surface area contributed by atoms with E-state index in [0.29, 0.717) is 26.4 Å². The Labute approximate surface area is 104 Å². The number of hydrogen-bond donors (Lipinski definition) is 1. The van der Waals surface area contributed by atoms with Crippen LogP contribution in [0.15, 0.2) is 12.8 Å². The predicted molar refractivity (Wildman–Crippen MR) is 70.9 cm³/mol. The van der Waals surface area contributed by atoms with Crippen molar-refractivity contribution in [1.82, 2.24) is 5.09 Å². The summed E-state index contributed by atoms with van der Waals surface area (Å²) in [6, 6.07) is 0. The summed E-state index contributed by atoms with van der Waals surface area (Å²) < 4.78 is 16.1. The zero-order valence-electron chi connectivity index (χ0n) is 10.1. The maximum Gasteiger partial charge on any atom is 0.261 e. The highest BCUT2D eigenvalue weighted by atomic mass is 32.5. The monoisotopic (exact) mass is 267 g/mol. The highest BCUT2D eigenvalue weighted by Gasteiger charge is 2.17. The van der Waals surface area contributed by atoms with Gasteiger partial charge in [0, 0.05) is 6.54 Å². The van der Waals surface area contributed by atoms with Crippen LogP contribution in [0.3, 0.4) is 0 Å². The average Bonchev–Trinajstić information content (AvgIpc) is 2.30. The second-order valence-corrected chi connectivity index (χ2v) is 6.38. The number of rotatable bonds is 11. The van der Waals surface area contributed by atoms with Gasteiger partial charge in [0.2, 0.25) is 0 Å². The van der Waals surface area contributed by atoms with Gasteiger partial charge < -0.3 is 13.8 Å². The van der Waals surface area contributed by atoms with Crippen LogP contribution in [0.2, 0.25) is 0 Å². The van der Waals surface area contributed by atoms with E-state index in [2.05, 4.69) is 11.7 Å². The van der Waals surface area contributed by atoms with Crippen LogP contribution in [0.4, 0.5) is 0 Å². The molecule has 0 bridgehead atoms. The van der Waals surface area contributed by atoms with E-state index < -0.39 is 6.64 Å². The first-order chi connectivity index (χ1) is 7.68. The molecule has 0 saturated heterocycles. The van der Waals surface area contributed by atoms with Crippen molar-refractivity contribution in [2.75, 3.05) is 26.4 Å². The lowest BCUT2D eigenvalue weighted by molar-refractivity contribution is 0.226. The van der Waals surface area contributed by atoms with Crippen LogP contribution < -0.4 is 5.09 Å². The van der Waals surface area contributed by atoms with Gasteiger partial charge >= 0.3 is 0 Å². The smallest absolute Gasteiger partial charge is 0.261 e. The molecule has 96 valence electrons. The van der Waals surface area contributed by atoms with Crippen LogP contribution in [0.1, 0.15) is 26.7 Å². The molecule has 0 spiro atoms. The molecule has 0 amide bonds. The molecule has 6 heteroatoms. The zero-order chi connectivity index (χ0) is 12.3. The quantitative estimate of drug-likeness (QED) is 0.354. The van der Waals surface area contributed by atoms with E-state index >= 15 is 0 Å². The molecule has 0 radical (unpaired) electrons. The summed E-state index contributed by atoms with van der Waals surface area (Å²) in [6.07, 6.45) is 3.27. The third-order valence-corrected chi connectivity index (χ3v) is 4.25. The van der Waals surface area contributed by atoms with Gasteiger partial charge in [-0.05, 0) is 24.6 Å². The van der Waals surface area contributed by atoms with Crippen molar-refractivity contribution in [2.24, 2.45) is 0 Å². The topological polar surface area (TPSA) is 39.7 Å². The van der Waals surface area contributed by atoms with Crippen molar-refractivity contribution >= 4 is 18.4 Å². The summed E-state index contributed by atoms with van der Waals surface area (Å²) >= 11 is 5.36. The summed E-state index contributed by atoms with van der Waals surface area (Å²) in [4.78, 5) is 0. The fourth-order valence-corrected chi connectivity index (χ4v) is 3.07. The van der Waals surface area contributed by atoms with Gasteiger partial charge in [0.05, 0.1) is 19.5 Å². The van der Waals surface area contributed by atoms with Gasteiger partial charge in [-0.2, -0.15) is 0 Å². The highest BCUT2D eigenvalue weighted by Crippen LogP contribution is 2.43. The van der Waals surface area contributed by atoms with Crippen molar-refractivity contribution in [3.63, 3.8) is 0 Å². The van der Waals surface area contributed by atoms with Crippen molar-refractivity contribution in [1.29, 1.82) is 0 Å². The van der Waals surface area contributed by atoms with Gasteiger partial charge in [0.15, 0.2) is 0 Å². The standard InChI is InChI=1S/C10H22NO3PS/c1-4-8-13-15(16,14-9-5-2)11-7-10-12-6-3/h6H,3-5,7-10H2,1-2H3,(H,11,16). The normalized spacial score (nSPS) is 11.4. The molecule has 0 unspecified atom stereocenters. The third kappa shape index (κ3) is 8.25. The molecule has 0 saturated carbocycles. The molecule has 0 heterocycles. The zero-order valence-corrected chi connectivity index (χ0v) is 11.8. The Balaban J connectivity index is 3.96. The molecule has 0 aliphatic rings. The molecular weight excluding hydrogens is 245 g/mol. The number of hydrogen-bond acceptors (Lipinski definition) is 4. The fraction of sp³-hybridized carbons (Fsp3) is 0.800. The van der Waals surface area contributed by atoms with E-state index in [4.69, 9.17) is 25.6 Å². The van der Waals surface area contributed by atoms with Crippen LogP contribution in [0, 0.1) is 0 Å².